The first-order valence-electron chi connectivity index (χ1n) is 5.43. The maximum absolute atomic E-state index is 3.58. The predicted molar refractivity (Wildman–Crippen MR) is 54.9 cm³/mol. The van der Waals surface area contributed by atoms with E-state index in [-0.39, 0.29) is 0 Å². The molecule has 1 heterocycles. The highest BCUT2D eigenvalue weighted by atomic mass is 15.2. The molecule has 0 aromatic carbocycles. The van der Waals surface area contributed by atoms with Crippen LogP contribution in [0.15, 0.2) is 0 Å². The minimum atomic E-state index is 0.688. The molecular formula is C10H21N3. The first kappa shape index (κ1) is 9.44. The molecule has 1 saturated carbocycles. The molecule has 1 aliphatic carbocycles. The van der Waals surface area contributed by atoms with Crippen molar-refractivity contribution < 1.29 is 0 Å². The largest absolute Gasteiger partial charge is 0.314 e. The summed E-state index contributed by atoms with van der Waals surface area (Å²) in [7, 11) is 2.25. The average Bonchev–Trinajstić information content (AvgIpc) is 2.82. The molecule has 1 aliphatic heterocycles. The van der Waals surface area contributed by atoms with Gasteiger partial charge in [-0.25, -0.2) is 0 Å². The van der Waals surface area contributed by atoms with Crippen LogP contribution in [-0.4, -0.2) is 49.7 Å². The summed E-state index contributed by atoms with van der Waals surface area (Å²) in [6.07, 6.45) is 2.82. The second kappa shape index (κ2) is 3.95. The maximum Gasteiger partial charge on any atom is 0.0318 e. The maximum atomic E-state index is 3.58. The Hall–Kier alpha value is -0.120. The Morgan fingerprint density at radius 2 is 2.15 bits per heavy atom. The third kappa shape index (κ3) is 2.42. The van der Waals surface area contributed by atoms with E-state index in [4.69, 9.17) is 0 Å². The van der Waals surface area contributed by atoms with Gasteiger partial charge in [0, 0.05) is 37.8 Å². The number of hydrogen-bond donors (Lipinski definition) is 2. The molecule has 3 nitrogen and oxygen atoms in total. The molecule has 2 fully saturated rings. The van der Waals surface area contributed by atoms with Gasteiger partial charge in [0.15, 0.2) is 0 Å². The van der Waals surface area contributed by atoms with Crippen LogP contribution in [0.3, 0.4) is 0 Å². The third-order valence-electron chi connectivity index (χ3n) is 3.30. The van der Waals surface area contributed by atoms with Gasteiger partial charge in [0.05, 0.1) is 0 Å². The smallest absolute Gasteiger partial charge is 0.0318 e. The number of hydrogen-bond acceptors (Lipinski definition) is 3. The molecule has 0 spiro atoms. The molecule has 1 atom stereocenters. The Morgan fingerprint density at radius 3 is 2.62 bits per heavy atom. The Bertz CT molecular complexity index is 164. The minimum Gasteiger partial charge on any atom is -0.314 e. The predicted octanol–water partition coefficient (Wildman–Crippen LogP) is 0.0305. The summed E-state index contributed by atoms with van der Waals surface area (Å²) in [6, 6.07) is 2.31. The van der Waals surface area contributed by atoms with Gasteiger partial charge in [-0.1, -0.05) is 0 Å². The van der Waals surface area contributed by atoms with Gasteiger partial charge < -0.3 is 10.6 Å². The Kier molecular flexibility index (Phi) is 2.86. The second-order valence-corrected chi connectivity index (χ2v) is 4.51. The summed E-state index contributed by atoms with van der Waals surface area (Å²) in [4.78, 5) is 2.51. The first-order valence-corrected chi connectivity index (χ1v) is 5.43. The van der Waals surface area contributed by atoms with Crippen molar-refractivity contribution in [1.82, 2.24) is 15.5 Å². The lowest BCUT2D eigenvalue weighted by Crippen LogP contribution is -2.57. The van der Waals surface area contributed by atoms with Crippen molar-refractivity contribution in [3.8, 4) is 0 Å². The minimum absolute atomic E-state index is 0.688. The van der Waals surface area contributed by atoms with Crippen molar-refractivity contribution in [3.63, 3.8) is 0 Å². The van der Waals surface area contributed by atoms with Gasteiger partial charge in [-0.15, -0.1) is 0 Å². The topological polar surface area (TPSA) is 27.3 Å². The van der Waals surface area contributed by atoms with E-state index in [0.29, 0.717) is 6.04 Å². The summed E-state index contributed by atoms with van der Waals surface area (Å²) in [6.45, 7) is 5.76. The van der Waals surface area contributed by atoms with E-state index < -0.39 is 0 Å². The zero-order valence-electron chi connectivity index (χ0n) is 8.71. The van der Waals surface area contributed by atoms with E-state index in [1.54, 1.807) is 0 Å². The van der Waals surface area contributed by atoms with Crippen molar-refractivity contribution in [2.24, 2.45) is 0 Å². The van der Waals surface area contributed by atoms with E-state index in [2.05, 4.69) is 29.5 Å². The zero-order chi connectivity index (χ0) is 9.26. The highest BCUT2D eigenvalue weighted by Crippen LogP contribution is 2.26. The van der Waals surface area contributed by atoms with Crippen molar-refractivity contribution >= 4 is 0 Å². The Morgan fingerprint density at radius 1 is 1.46 bits per heavy atom. The molecule has 2 rings (SSSR count). The molecule has 3 heteroatoms. The molecule has 1 saturated heterocycles. The van der Waals surface area contributed by atoms with Gasteiger partial charge in [0.2, 0.25) is 0 Å². The Labute approximate surface area is 80.9 Å². The zero-order valence-corrected chi connectivity index (χ0v) is 8.71. The normalized spacial score (nSPS) is 26.1. The molecule has 0 bridgehead atoms. The van der Waals surface area contributed by atoms with Crippen molar-refractivity contribution in [2.45, 2.75) is 37.9 Å². The second-order valence-electron chi connectivity index (χ2n) is 4.51. The van der Waals surface area contributed by atoms with Crippen LogP contribution in [0.4, 0.5) is 0 Å². The van der Waals surface area contributed by atoms with Crippen LogP contribution < -0.4 is 10.6 Å². The Balaban J connectivity index is 1.61. The van der Waals surface area contributed by atoms with Crippen LogP contribution in [0.1, 0.15) is 19.8 Å². The van der Waals surface area contributed by atoms with Gasteiger partial charge in [-0.05, 0) is 26.8 Å². The van der Waals surface area contributed by atoms with Crippen LogP contribution in [0, 0.1) is 0 Å². The van der Waals surface area contributed by atoms with Crippen molar-refractivity contribution in [2.75, 3.05) is 26.7 Å². The van der Waals surface area contributed by atoms with E-state index in [9.17, 15) is 0 Å². The van der Waals surface area contributed by atoms with Crippen LogP contribution in [0.25, 0.3) is 0 Å². The van der Waals surface area contributed by atoms with E-state index >= 15 is 0 Å². The van der Waals surface area contributed by atoms with Gasteiger partial charge in [0.1, 0.15) is 0 Å². The molecule has 0 amide bonds. The number of nitrogens with one attached hydrogen (secondary N) is 2. The SMILES string of the molecule is CC(CNC1CNC1)N(C)C1CC1. The van der Waals surface area contributed by atoms with E-state index in [1.165, 1.54) is 12.8 Å². The molecule has 2 N–H and O–H groups in total. The molecule has 2 aliphatic rings. The lowest BCUT2D eigenvalue weighted by molar-refractivity contribution is 0.226. The quantitative estimate of drug-likeness (QED) is 0.630. The molecule has 0 aromatic heterocycles. The molecule has 0 radical (unpaired) electrons. The molecule has 0 aromatic rings. The highest BCUT2D eigenvalue weighted by Gasteiger charge is 2.29. The third-order valence-corrected chi connectivity index (χ3v) is 3.30. The van der Waals surface area contributed by atoms with Crippen LogP contribution in [0.2, 0.25) is 0 Å². The summed E-state index contributed by atoms with van der Waals surface area (Å²) >= 11 is 0. The van der Waals surface area contributed by atoms with E-state index in [1.807, 2.05) is 0 Å². The summed E-state index contributed by atoms with van der Waals surface area (Å²) in [5, 5.41) is 6.85. The number of nitrogens with zero attached hydrogens (tertiary/aromatic N) is 1. The highest BCUT2D eigenvalue weighted by molar-refractivity contribution is 4.88. The molecule has 76 valence electrons. The standard InChI is InChI=1S/C10H21N3/c1-8(13(2)10-3-4-10)5-12-9-6-11-7-9/h8-12H,3-7H2,1-2H3. The van der Waals surface area contributed by atoms with Crippen LogP contribution in [0.5, 0.6) is 0 Å². The van der Waals surface area contributed by atoms with Gasteiger partial charge in [-0.2, -0.15) is 0 Å². The van der Waals surface area contributed by atoms with Crippen molar-refractivity contribution in [3.05, 3.63) is 0 Å². The molecule has 13 heavy (non-hydrogen) atoms. The summed E-state index contributed by atoms with van der Waals surface area (Å²) in [5.41, 5.74) is 0. The van der Waals surface area contributed by atoms with Crippen LogP contribution >= 0.6 is 0 Å². The fourth-order valence-corrected chi connectivity index (χ4v) is 1.76. The monoisotopic (exact) mass is 183 g/mol. The van der Waals surface area contributed by atoms with Crippen molar-refractivity contribution in [1.29, 1.82) is 0 Å². The summed E-state index contributed by atoms with van der Waals surface area (Å²) < 4.78 is 0. The average molecular weight is 183 g/mol. The van der Waals surface area contributed by atoms with Crippen LogP contribution in [-0.2, 0) is 0 Å². The first-order chi connectivity index (χ1) is 6.27. The number of likely N-dealkylation sites (N-methyl/N-ethyl adjacent to an activating group) is 1. The van der Waals surface area contributed by atoms with E-state index in [0.717, 1.165) is 31.7 Å². The fourth-order valence-electron chi connectivity index (χ4n) is 1.76. The van der Waals surface area contributed by atoms with Gasteiger partial charge >= 0.3 is 0 Å². The van der Waals surface area contributed by atoms with Gasteiger partial charge in [-0.3, -0.25) is 4.90 Å². The molecule has 1 unspecified atom stereocenters. The van der Waals surface area contributed by atoms with Gasteiger partial charge in [0.25, 0.3) is 0 Å². The summed E-state index contributed by atoms with van der Waals surface area (Å²) in [5.74, 6) is 0. The lowest BCUT2D eigenvalue weighted by atomic mass is 10.1. The fraction of sp³-hybridized carbons (Fsp3) is 1.00. The number of rotatable bonds is 5. The lowest BCUT2D eigenvalue weighted by Gasteiger charge is -2.32. The molecular weight excluding hydrogens is 162 g/mol.